The van der Waals surface area contributed by atoms with Gasteiger partial charge in [-0.25, -0.2) is 0 Å². The second-order valence-electron chi connectivity index (χ2n) is 5.61. The third kappa shape index (κ3) is 5.72. The first-order chi connectivity index (χ1) is 9.45. The lowest BCUT2D eigenvalue weighted by Gasteiger charge is -2.21. The molecule has 1 rings (SSSR count). The number of esters is 1. The van der Waals surface area contributed by atoms with Gasteiger partial charge in [-0.1, -0.05) is 37.3 Å². The zero-order valence-electron chi connectivity index (χ0n) is 12.6. The number of carbonyl (C=O) groups is 1. The zero-order chi connectivity index (χ0) is 15.0. The number of rotatable bonds is 8. The standard InChI is InChI=1S/C16H25NO3/c1-4-16(2,3)15(19)20-12-14(18)11-17-10-13-8-6-5-7-9-13/h5-9,14,17-18H,4,10-12H2,1-3H3. The van der Waals surface area contributed by atoms with E-state index in [1.54, 1.807) is 0 Å². The molecule has 0 bridgehead atoms. The molecule has 0 aromatic heterocycles. The van der Waals surface area contributed by atoms with Crippen LogP contribution in [0, 0.1) is 5.41 Å². The summed E-state index contributed by atoms with van der Waals surface area (Å²) in [5, 5.41) is 12.9. The van der Waals surface area contributed by atoms with Crippen LogP contribution >= 0.6 is 0 Å². The molecule has 0 saturated carbocycles. The summed E-state index contributed by atoms with van der Waals surface area (Å²) in [4.78, 5) is 11.7. The summed E-state index contributed by atoms with van der Waals surface area (Å²) in [6.07, 6.45) is 0.0316. The van der Waals surface area contributed by atoms with Gasteiger partial charge in [-0.2, -0.15) is 0 Å². The number of carbonyl (C=O) groups excluding carboxylic acids is 1. The van der Waals surface area contributed by atoms with Gasteiger partial charge in [0.25, 0.3) is 0 Å². The van der Waals surface area contributed by atoms with Crippen LogP contribution in [0.2, 0.25) is 0 Å². The quantitative estimate of drug-likeness (QED) is 0.716. The monoisotopic (exact) mass is 279 g/mol. The Morgan fingerprint density at radius 3 is 2.60 bits per heavy atom. The second kappa shape index (κ2) is 8.02. The average Bonchev–Trinajstić information content (AvgIpc) is 2.45. The van der Waals surface area contributed by atoms with Gasteiger partial charge in [0, 0.05) is 13.1 Å². The van der Waals surface area contributed by atoms with Gasteiger partial charge < -0.3 is 15.2 Å². The molecule has 1 unspecified atom stereocenters. The summed E-state index contributed by atoms with van der Waals surface area (Å²) < 4.78 is 5.13. The van der Waals surface area contributed by atoms with Crippen molar-refractivity contribution in [3.63, 3.8) is 0 Å². The SMILES string of the molecule is CCC(C)(C)C(=O)OCC(O)CNCc1ccccc1. The number of aliphatic hydroxyl groups excluding tert-OH is 1. The molecule has 0 radical (unpaired) electrons. The van der Waals surface area contributed by atoms with Crippen LogP contribution in [0.5, 0.6) is 0 Å². The van der Waals surface area contributed by atoms with E-state index in [-0.39, 0.29) is 12.6 Å². The smallest absolute Gasteiger partial charge is 0.311 e. The second-order valence-corrected chi connectivity index (χ2v) is 5.61. The summed E-state index contributed by atoms with van der Waals surface area (Å²) in [7, 11) is 0. The molecule has 1 aromatic carbocycles. The van der Waals surface area contributed by atoms with Gasteiger partial charge in [0.2, 0.25) is 0 Å². The summed E-state index contributed by atoms with van der Waals surface area (Å²) in [6.45, 7) is 6.74. The van der Waals surface area contributed by atoms with Gasteiger partial charge in [0.15, 0.2) is 0 Å². The molecule has 0 heterocycles. The maximum absolute atomic E-state index is 11.7. The van der Waals surface area contributed by atoms with E-state index < -0.39 is 11.5 Å². The molecule has 0 fully saturated rings. The minimum Gasteiger partial charge on any atom is -0.462 e. The van der Waals surface area contributed by atoms with Crippen molar-refractivity contribution < 1.29 is 14.6 Å². The maximum Gasteiger partial charge on any atom is 0.311 e. The number of nitrogens with one attached hydrogen (secondary N) is 1. The average molecular weight is 279 g/mol. The third-order valence-electron chi connectivity index (χ3n) is 3.40. The van der Waals surface area contributed by atoms with E-state index in [9.17, 15) is 9.90 Å². The molecule has 0 spiro atoms. The van der Waals surface area contributed by atoms with E-state index in [1.807, 2.05) is 51.1 Å². The molecular formula is C16H25NO3. The largest absolute Gasteiger partial charge is 0.462 e. The first kappa shape index (κ1) is 16.7. The fourth-order valence-electron chi connectivity index (χ4n) is 1.55. The first-order valence-electron chi connectivity index (χ1n) is 7.05. The van der Waals surface area contributed by atoms with Crippen molar-refractivity contribution in [3.8, 4) is 0 Å². The fourth-order valence-corrected chi connectivity index (χ4v) is 1.55. The highest BCUT2D eigenvalue weighted by Gasteiger charge is 2.27. The first-order valence-corrected chi connectivity index (χ1v) is 7.05. The van der Waals surface area contributed by atoms with Gasteiger partial charge in [-0.05, 0) is 25.8 Å². The Morgan fingerprint density at radius 1 is 1.35 bits per heavy atom. The summed E-state index contributed by atoms with van der Waals surface area (Å²) in [5.74, 6) is -0.262. The number of hydrogen-bond donors (Lipinski definition) is 2. The predicted octanol–water partition coefficient (Wildman–Crippen LogP) is 2.12. The van der Waals surface area contributed by atoms with Crippen LogP contribution in [0.25, 0.3) is 0 Å². The summed E-state index contributed by atoms with van der Waals surface area (Å²) in [5.41, 5.74) is 0.667. The van der Waals surface area contributed by atoms with Crippen LogP contribution in [-0.2, 0) is 16.1 Å². The van der Waals surface area contributed by atoms with Crippen molar-refractivity contribution in [2.75, 3.05) is 13.2 Å². The molecule has 4 heteroatoms. The van der Waals surface area contributed by atoms with Gasteiger partial charge in [0.05, 0.1) is 5.41 Å². The van der Waals surface area contributed by atoms with Crippen LogP contribution < -0.4 is 5.32 Å². The van der Waals surface area contributed by atoms with Crippen LogP contribution in [0.1, 0.15) is 32.8 Å². The molecule has 0 aliphatic heterocycles. The van der Waals surface area contributed by atoms with Gasteiger partial charge in [0.1, 0.15) is 12.7 Å². The number of benzene rings is 1. The van der Waals surface area contributed by atoms with E-state index in [0.29, 0.717) is 19.5 Å². The maximum atomic E-state index is 11.7. The highest BCUT2D eigenvalue weighted by atomic mass is 16.5. The Morgan fingerprint density at radius 2 is 2.00 bits per heavy atom. The van der Waals surface area contributed by atoms with Crippen molar-refractivity contribution in [1.29, 1.82) is 0 Å². The molecule has 1 aromatic rings. The van der Waals surface area contributed by atoms with E-state index >= 15 is 0 Å². The van der Waals surface area contributed by atoms with Gasteiger partial charge in [-0.3, -0.25) is 4.79 Å². The molecule has 0 saturated heterocycles. The molecule has 1 atom stereocenters. The van der Waals surface area contributed by atoms with Crippen molar-refractivity contribution in [2.45, 2.75) is 39.8 Å². The zero-order valence-corrected chi connectivity index (χ0v) is 12.6. The molecule has 112 valence electrons. The van der Waals surface area contributed by atoms with E-state index in [4.69, 9.17) is 4.74 Å². The van der Waals surface area contributed by atoms with E-state index in [0.717, 1.165) is 5.56 Å². The van der Waals surface area contributed by atoms with Crippen molar-refractivity contribution in [1.82, 2.24) is 5.32 Å². The molecule has 0 amide bonds. The Balaban J connectivity index is 2.21. The Labute approximate surface area is 121 Å². The van der Waals surface area contributed by atoms with E-state index in [2.05, 4.69) is 5.32 Å². The van der Waals surface area contributed by atoms with Gasteiger partial charge in [-0.15, -0.1) is 0 Å². The minimum atomic E-state index is -0.685. The highest BCUT2D eigenvalue weighted by Crippen LogP contribution is 2.21. The molecular weight excluding hydrogens is 254 g/mol. The molecule has 0 aliphatic carbocycles. The fraction of sp³-hybridized carbons (Fsp3) is 0.562. The third-order valence-corrected chi connectivity index (χ3v) is 3.40. The Bertz CT molecular complexity index is 403. The van der Waals surface area contributed by atoms with E-state index in [1.165, 1.54) is 0 Å². The Hall–Kier alpha value is -1.39. The van der Waals surface area contributed by atoms with Crippen LogP contribution in [-0.4, -0.2) is 30.3 Å². The van der Waals surface area contributed by atoms with Gasteiger partial charge >= 0.3 is 5.97 Å². The lowest BCUT2D eigenvalue weighted by molar-refractivity contribution is -0.157. The van der Waals surface area contributed by atoms with Crippen LogP contribution in [0.4, 0.5) is 0 Å². The highest BCUT2D eigenvalue weighted by molar-refractivity contribution is 5.75. The van der Waals surface area contributed by atoms with Crippen molar-refractivity contribution >= 4 is 5.97 Å². The van der Waals surface area contributed by atoms with Crippen molar-refractivity contribution in [3.05, 3.63) is 35.9 Å². The molecule has 2 N–H and O–H groups in total. The summed E-state index contributed by atoms with van der Waals surface area (Å²) in [6, 6.07) is 9.95. The van der Waals surface area contributed by atoms with Crippen LogP contribution in [0.15, 0.2) is 30.3 Å². The summed E-state index contributed by atoms with van der Waals surface area (Å²) >= 11 is 0. The van der Waals surface area contributed by atoms with Crippen LogP contribution in [0.3, 0.4) is 0 Å². The minimum absolute atomic E-state index is 0.0318. The molecule has 20 heavy (non-hydrogen) atoms. The molecule has 0 aliphatic rings. The number of ether oxygens (including phenoxy) is 1. The number of aliphatic hydroxyl groups is 1. The van der Waals surface area contributed by atoms with Crippen molar-refractivity contribution in [2.24, 2.45) is 5.41 Å². The lowest BCUT2D eigenvalue weighted by Crippen LogP contribution is -2.34. The topological polar surface area (TPSA) is 58.6 Å². The lowest BCUT2D eigenvalue weighted by atomic mass is 9.91. The predicted molar refractivity (Wildman–Crippen MR) is 79.2 cm³/mol. The normalized spacial score (nSPS) is 13.0. The Kier molecular flexibility index (Phi) is 6.68. The number of hydrogen-bond acceptors (Lipinski definition) is 4. The molecule has 4 nitrogen and oxygen atoms in total.